The first-order valence-corrected chi connectivity index (χ1v) is 27.1. The van der Waals surface area contributed by atoms with Gasteiger partial charge in [0.2, 0.25) is 0 Å². The van der Waals surface area contributed by atoms with Crippen molar-refractivity contribution < 1.29 is 28.6 Å². The third kappa shape index (κ3) is 50.2. The van der Waals surface area contributed by atoms with Gasteiger partial charge in [0.1, 0.15) is 13.2 Å². The molecule has 0 radical (unpaired) electrons. The topological polar surface area (TPSA) is 78.9 Å². The van der Waals surface area contributed by atoms with Gasteiger partial charge < -0.3 is 14.2 Å². The molecule has 0 aliphatic carbocycles. The van der Waals surface area contributed by atoms with Crippen LogP contribution >= 0.6 is 0 Å². The third-order valence-corrected chi connectivity index (χ3v) is 11.8. The highest BCUT2D eigenvalue weighted by molar-refractivity contribution is 5.71. The number of ether oxygens (including phenoxy) is 3. The molecule has 0 aromatic heterocycles. The van der Waals surface area contributed by atoms with Crippen molar-refractivity contribution >= 4 is 17.9 Å². The van der Waals surface area contributed by atoms with Gasteiger partial charge in [-0.1, -0.05) is 211 Å². The van der Waals surface area contributed by atoms with E-state index in [9.17, 15) is 14.4 Å². The predicted octanol–water partition coefficient (Wildman–Crippen LogP) is 17.9. The molecule has 1 atom stereocenters. The van der Waals surface area contributed by atoms with E-state index in [4.69, 9.17) is 14.2 Å². The molecule has 0 N–H and O–H groups in total. The summed E-state index contributed by atoms with van der Waals surface area (Å²) in [4.78, 5) is 38.0. The minimum absolute atomic E-state index is 0.0786. The number of carbonyl (C=O) groups is 3. The number of carbonyl (C=O) groups excluding carboxylic acids is 3. The minimum Gasteiger partial charge on any atom is -0.462 e. The second-order valence-corrected chi connectivity index (χ2v) is 18.1. The molecule has 0 spiro atoms. The Morgan fingerprint density at radius 2 is 0.587 bits per heavy atom. The summed E-state index contributed by atoms with van der Waals surface area (Å²) < 4.78 is 16.8. The highest BCUT2D eigenvalue weighted by Crippen LogP contribution is 2.15. The van der Waals surface area contributed by atoms with Crippen LogP contribution in [0.1, 0.15) is 278 Å². The van der Waals surface area contributed by atoms with E-state index in [1.165, 1.54) is 167 Å². The van der Waals surface area contributed by atoms with Gasteiger partial charge >= 0.3 is 17.9 Å². The molecule has 0 saturated carbocycles. The number of hydrogen-bond acceptors (Lipinski definition) is 6. The van der Waals surface area contributed by atoms with Crippen LogP contribution < -0.4 is 0 Å². The number of esters is 3. The lowest BCUT2D eigenvalue weighted by Gasteiger charge is -2.18. The molecule has 0 aromatic carbocycles. The maximum atomic E-state index is 12.8. The first-order valence-electron chi connectivity index (χ1n) is 27.1. The molecule has 0 aliphatic heterocycles. The summed E-state index contributed by atoms with van der Waals surface area (Å²) in [6.45, 7) is 6.57. The lowest BCUT2D eigenvalue weighted by Crippen LogP contribution is -2.30. The molecule has 0 saturated heterocycles. The standard InChI is InChI=1S/C57H102O6/c1-4-7-10-13-16-19-22-24-26-27-28-29-31-33-36-39-42-45-48-51-57(60)63-54(52-61-55(58)49-46-43-40-37-34-21-18-15-12-9-6-3)53-62-56(59)50-47-44-41-38-35-32-30-25-23-20-17-14-11-8-5-2/h15-16,18-20,23-24,26,54H,4-14,17,21-22,25,27-53H2,1-3H3/b18-15-,19-16-,23-20-,26-24-/t54-/m0/s1. The smallest absolute Gasteiger partial charge is 0.306 e. The van der Waals surface area contributed by atoms with Gasteiger partial charge in [0, 0.05) is 19.3 Å². The van der Waals surface area contributed by atoms with Crippen LogP contribution in [0.2, 0.25) is 0 Å². The number of hydrogen-bond donors (Lipinski definition) is 0. The maximum absolute atomic E-state index is 12.8. The van der Waals surface area contributed by atoms with E-state index in [0.717, 1.165) is 70.6 Å². The molecule has 63 heavy (non-hydrogen) atoms. The monoisotopic (exact) mass is 883 g/mol. The van der Waals surface area contributed by atoms with Crippen molar-refractivity contribution in [3.8, 4) is 0 Å². The van der Waals surface area contributed by atoms with Crippen LogP contribution in [0.4, 0.5) is 0 Å². The van der Waals surface area contributed by atoms with Gasteiger partial charge in [0.25, 0.3) is 0 Å². The lowest BCUT2D eigenvalue weighted by atomic mass is 10.1. The van der Waals surface area contributed by atoms with E-state index in [0.29, 0.717) is 19.3 Å². The second kappa shape index (κ2) is 52.0. The van der Waals surface area contributed by atoms with Crippen LogP contribution in [0.5, 0.6) is 0 Å². The summed E-state index contributed by atoms with van der Waals surface area (Å²) in [6, 6.07) is 0. The van der Waals surface area contributed by atoms with Crippen molar-refractivity contribution in [1.29, 1.82) is 0 Å². The van der Waals surface area contributed by atoms with Gasteiger partial charge in [0.05, 0.1) is 0 Å². The first-order chi connectivity index (χ1) is 31.0. The van der Waals surface area contributed by atoms with Crippen LogP contribution in [0.3, 0.4) is 0 Å². The fourth-order valence-corrected chi connectivity index (χ4v) is 7.62. The molecule has 0 heterocycles. The zero-order valence-electron chi connectivity index (χ0n) is 41.8. The molecule has 0 aliphatic rings. The molecule has 0 amide bonds. The Morgan fingerprint density at radius 1 is 0.317 bits per heavy atom. The average molecular weight is 883 g/mol. The van der Waals surface area contributed by atoms with Crippen molar-refractivity contribution in [2.75, 3.05) is 13.2 Å². The molecule has 0 rings (SSSR count). The number of rotatable bonds is 49. The normalized spacial score (nSPS) is 12.4. The summed E-state index contributed by atoms with van der Waals surface area (Å²) in [5.74, 6) is -0.889. The third-order valence-electron chi connectivity index (χ3n) is 11.8. The molecular formula is C57H102O6. The summed E-state index contributed by atoms with van der Waals surface area (Å²) >= 11 is 0. The fraction of sp³-hybridized carbons (Fsp3) is 0.807. The van der Waals surface area contributed by atoms with Crippen LogP contribution in [0.25, 0.3) is 0 Å². The Morgan fingerprint density at radius 3 is 0.968 bits per heavy atom. The van der Waals surface area contributed by atoms with Gasteiger partial charge in [-0.05, 0) is 96.3 Å². The van der Waals surface area contributed by atoms with E-state index in [1.807, 2.05) is 0 Å². The Labute approximate surface area is 390 Å². The van der Waals surface area contributed by atoms with Gasteiger partial charge in [0.15, 0.2) is 6.10 Å². The molecular weight excluding hydrogens is 781 g/mol. The second-order valence-electron chi connectivity index (χ2n) is 18.1. The number of unbranched alkanes of at least 4 members (excludes halogenated alkanes) is 30. The van der Waals surface area contributed by atoms with E-state index in [-0.39, 0.29) is 31.1 Å². The van der Waals surface area contributed by atoms with Crippen molar-refractivity contribution in [2.24, 2.45) is 0 Å². The summed E-state index contributed by atoms with van der Waals surface area (Å²) in [5.41, 5.74) is 0. The summed E-state index contributed by atoms with van der Waals surface area (Å²) in [5, 5.41) is 0. The van der Waals surface area contributed by atoms with Crippen LogP contribution in [-0.2, 0) is 28.6 Å². The first kappa shape index (κ1) is 60.4. The van der Waals surface area contributed by atoms with Crippen LogP contribution in [0.15, 0.2) is 48.6 Å². The minimum atomic E-state index is -0.778. The van der Waals surface area contributed by atoms with Crippen molar-refractivity contribution in [2.45, 2.75) is 284 Å². The Hall–Kier alpha value is -2.63. The van der Waals surface area contributed by atoms with Gasteiger partial charge in [-0.15, -0.1) is 0 Å². The van der Waals surface area contributed by atoms with Crippen LogP contribution in [-0.4, -0.2) is 37.2 Å². The van der Waals surface area contributed by atoms with E-state index in [1.54, 1.807) is 0 Å². The Bertz CT molecular complexity index is 1110. The average Bonchev–Trinajstić information content (AvgIpc) is 3.28. The van der Waals surface area contributed by atoms with Gasteiger partial charge in [-0.2, -0.15) is 0 Å². The van der Waals surface area contributed by atoms with Gasteiger partial charge in [-0.3, -0.25) is 14.4 Å². The quantitative estimate of drug-likeness (QED) is 0.0262. The van der Waals surface area contributed by atoms with Crippen LogP contribution in [0, 0.1) is 0 Å². The fourth-order valence-electron chi connectivity index (χ4n) is 7.62. The predicted molar refractivity (Wildman–Crippen MR) is 270 cm³/mol. The molecule has 366 valence electrons. The molecule has 0 aromatic rings. The molecule has 0 unspecified atom stereocenters. The van der Waals surface area contributed by atoms with Gasteiger partial charge in [-0.25, -0.2) is 0 Å². The van der Waals surface area contributed by atoms with E-state index >= 15 is 0 Å². The molecule has 0 fully saturated rings. The van der Waals surface area contributed by atoms with Crippen molar-refractivity contribution in [3.63, 3.8) is 0 Å². The van der Waals surface area contributed by atoms with Crippen molar-refractivity contribution in [1.82, 2.24) is 0 Å². The zero-order chi connectivity index (χ0) is 45.8. The molecule has 6 heteroatoms. The Kier molecular flexibility index (Phi) is 49.8. The highest BCUT2D eigenvalue weighted by atomic mass is 16.6. The zero-order valence-corrected chi connectivity index (χ0v) is 41.8. The number of allylic oxidation sites excluding steroid dienone is 8. The van der Waals surface area contributed by atoms with E-state index in [2.05, 4.69) is 69.4 Å². The maximum Gasteiger partial charge on any atom is 0.306 e. The van der Waals surface area contributed by atoms with Crippen molar-refractivity contribution in [3.05, 3.63) is 48.6 Å². The summed E-state index contributed by atoms with van der Waals surface area (Å²) in [7, 11) is 0. The largest absolute Gasteiger partial charge is 0.462 e. The van der Waals surface area contributed by atoms with E-state index < -0.39 is 6.10 Å². The highest BCUT2D eigenvalue weighted by Gasteiger charge is 2.19. The molecule has 0 bridgehead atoms. The lowest BCUT2D eigenvalue weighted by molar-refractivity contribution is -0.167. The molecule has 6 nitrogen and oxygen atoms in total. The summed E-state index contributed by atoms with van der Waals surface area (Å²) in [6.07, 6.45) is 62.3. The Balaban J connectivity index is 4.34. The SMILES string of the molecule is CCCC/C=C\CCCCCCCC(=O)OC[C@@H](COC(=O)CCCCCCCCC/C=C\CCCCCC)OC(=O)CCCCCCCCCCC/C=C\C/C=C\CCCCC.